The summed E-state index contributed by atoms with van der Waals surface area (Å²) < 4.78 is 10.8. The molecule has 0 saturated carbocycles. The number of ether oxygens (including phenoxy) is 2. The number of benzene rings is 2. The molecule has 1 fully saturated rings. The molecule has 0 spiro atoms. The molecule has 0 radical (unpaired) electrons. The number of methoxy groups -OCH3 is 1. The van der Waals surface area contributed by atoms with Gasteiger partial charge in [-0.3, -0.25) is 4.90 Å². The average Bonchev–Trinajstić information content (AvgIpc) is 2.69. The molecule has 0 N–H and O–H groups in total. The normalized spacial score (nSPS) is 14.9. The lowest BCUT2D eigenvalue weighted by Crippen LogP contribution is -2.48. The minimum Gasteiger partial charge on any atom is -0.492 e. The van der Waals surface area contributed by atoms with Gasteiger partial charge in [-0.15, -0.1) is 0 Å². The Morgan fingerprint density at radius 3 is 2.37 bits per heavy atom. The van der Waals surface area contributed by atoms with Gasteiger partial charge in [0.05, 0.1) is 18.4 Å². The topological polar surface area (TPSA) is 42.0 Å². The zero-order valence-electron chi connectivity index (χ0n) is 16.4. The molecular weight excluding hydrogens is 340 g/mol. The molecule has 1 aliphatic heterocycles. The van der Waals surface area contributed by atoms with Crippen LogP contribution in [0.25, 0.3) is 0 Å². The first kappa shape index (κ1) is 19.2. The van der Waals surface area contributed by atoms with E-state index in [9.17, 15) is 4.79 Å². The zero-order valence-corrected chi connectivity index (χ0v) is 16.4. The van der Waals surface area contributed by atoms with E-state index < -0.39 is 0 Å². The maximum atomic E-state index is 12.1. The summed E-state index contributed by atoms with van der Waals surface area (Å²) in [4.78, 5) is 16.8. The van der Waals surface area contributed by atoms with Crippen molar-refractivity contribution in [3.05, 3.63) is 59.2 Å². The smallest absolute Gasteiger partial charge is 0.339 e. The van der Waals surface area contributed by atoms with Crippen molar-refractivity contribution >= 4 is 11.7 Å². The zero-order chi connectivity index (χ0) is 19.2. The Labute approximate surface area is 161 Å². The predicted molar refractivity (Wildman–Crippen MR) is 108 cm³/mol. The van der Waals surface area contributed by atoms with E-state index in [4.69, 9.17) is 9.47 Å². The van der Waals surface area contributed by atoms with Gasteiger partial charge >= 0.3 is 5.97 Å². The summed E-state index contributed by atoms with van der Waals surface area (Å²) in [6.45, 7) is 9.38. The lowest BCUT2D eigenvalue weighted by atomic mass is 10.1. The van der Waals surface area contributed by atoms with Gasteiger partial charge < -0.3 is 14.4 Å². The number of rotatable bonds is 6. The molecule has 1 heterocycles. The van der Waals surface area contributed by atoms with E-state index >= 15 is 0 Å². The second-order valence-corrected chi connectivity index (χ2v) is 6.95. The predicted octanol–water partition coefficient (Wildman–Crippen LogP) is 3.29. The van der Waals surface area contributed by atoms with Crippen LogP contribution in [0.4, 0.5) is 5.69 Å². The number of carbonyl (C=O) groups excluding carboxylic acids is 1. The van der Waals surface area contributed by atoms with Crippen LogP contribution in [0, 0.1) is 13.8 Å². The highest BCUT2D eigenvalue weighted by atomic mass is 16.5. The first-order chi connectivity index (χ1) is 13.1. The van der Waals surface area contributed by atoms with Gasteiger partial charge in [0.15, 0.2) is 0 Å². The van der Waals surface area contributed by atoms with Gasteiger partial charge in [-0.25, -0.2) is 4.79 Å². The van der Waals surface area contributed by atoms with E-state index in [1.807, 2.05) is 37.3 Å². The number of hydrogen-bond donors (Lipinski definition) is 0. The third-order valence-corrected chi connectivity index (χ3v) is 5.03. The number of aryl methyl sites for hydroxylation is 2. The van der Waals surface area contributed by atoms with Gasteiger partial charge in [-0.05, 0) is 37.6 Å². The van der Waals surface area contributed by atoms with Crippen LogP contribution in [0.15, 0.2) is 42.5 Å². The molecule has 1 aliphatic rings. The summed E-state index contributed by atoms with van der Waals surface area (Å²) in [5.41, 5.74) is 3.99. The van der Waals surface area contributed by atoms with Crippen LogP contribution < -0.4 is 9.64 Å². The molecule has 3 rings (SSSR count). The number of carbonyl (C=O) groups is 1. The summed E-state index contributed by atoms with van der Waals surface area (Å²) in [5.74, 6) is 0.643. The van der Waals surface area contributed by atoms with E-state index in [2.05, 4.69) is 28.9 Å². The Kier molecular flexibility index (Phi) is 6.35. The van der Waals surface area contributed by atoms with E-state index in [0.717, 1.165) is 49.7 Å². The first-order valence-electron chi connectivity index (χ1n) is 9.43. The number of esters is 1. The monoisotopic (exact) mass is 368 g/mol. The quantitative estimate of drug-likeness (QED) is 0.732. The second-order valence-electron chi connectivity index (χ2n) is 6.95. The fraction of sp³-hybridized carbons (Fsp3) is 0.409. The van der Waals surface area contributed by atoms with Crippen molar-refractivity contribution in [3.8, 4) is 5.75 Å². The molecule has 2 aromatic carbocycles. The maximum absolute atomic E-state index is 12.1. The second kappa shape index (κ2) is 8.91. The Bertz CT molecular complexity index is 766. The molecule has 2 aromatic rings. The molecular formula is C22H28N2O3. The molecule has 0 aliphatic carbocycles. The fourth-order valence-electron chi connectivity index (χ4n) is 3.48. The van der Waals surface area contributed by atoms with Crippen LogP contribution in [-0.4, -0.2) is 57.3 Å². The highest BCUT2D eigenvalue weighted by molar-refractivity contribution is 5.96. The standard InChI is InChI=1S/C22H28N2O3/c1-17-7-9-19(10-8-17)27-16-15-23-11-13-24(14-12-23)21-18(2)5-4-6-20(21)22(25)26-3/h4-10H,11-16H2,1-3H3. The molecule has 0 bridgehead atoms. The Balaban J connectivity index is 1.53. The number of piperazine rings is 1. The summed E-state index contributed by atoms with van der Waals surface area (Å²) in [6.07, 6.45) is 0. The highest BCUT2D eigenvalue weighted by Gasteiger charge is 2.23. The first-order valence-corrected chi connectivity index (χ1v) is 9.43. The molecule has 144 valence electrons. The van der Waals surface area contributed by atoms with Gasteiger partial charge in [0, 0.05) is 32.7 Å². The highest BCUT2D eigenvalue weighted by Crippen LogP contribution is 2.27. The molecule has 27 heavy (non-hydrogen) atoms. The Hall–Kier alpha value is -2.53. The largest absolute Gasteiger partial charge is 0.492 e. The van der Waals surface area contributed by atoms with Crippen molar-refractivity contribution < 1.29 is 14.3 Å². The fourth-order valence-corrected chi connectivity index (χ4v) is 3.48. The lowest BCUT2D eigenvalue weighted by molar-refractivity contribution is 0.0601. The van der Waals surface area contributed by atoms with Crippen molar-refractivity contribution in [2.24, 2.45) is 0 Å². The van der Waals surface area contributed by atoms with E-state index in [1.165, 1.54) is 12.7 Å². The minimum absolute atomic E-state index is 0.275. The SMILES string of the molecule is COC(=O)c1cccc(C)c1N1CCN(CCOc2ccc(C)cc2)CC1. The van der Waals surface area contributed by atoms with Crippen molar-refractivity contribution in [1.29, 1.82) is 0 Å². The van der Waals surface area contributed by atoms with Gasteiger partial charge in [0.2, 0.25) is 0 Å². The summed E-state index contributed by atoms with van der Waals surface area (Å²) in [7, 11) is 1.43. The van der Waals surface area contributed by atoms with Gasteiger partial charge in [-0.2, -0.15) is 0 Å². The van der Waals surface area contributed by atoms with Crippen molar-refractivity contribution in [3.63, 3.8) is 0 Å². The molecule has 5 nitrogen and oxygen atoms in total. The molecule has 1 saturated heterocycles. The van der Waals surface area contributed by atoms with Gasteiger partial charge in [0.25, 0.3) is 0 Å². The van der Waals surface area contributed by atoms with Gasteiger partial charge in [-0.1, -0.05) is 29.8 Å². The van der Waals surface area contributed by atoms with Crippen molar-refractivity contribution in [2.75, 3.05) is 51.3 Å². The molecule has 0 aromatic heterocycles. The molecule has 0 amide bonds. The lowest BCUT2D eigenvalue weighted by Gasteiger charge is -2.37. The number of nitrogens with zero attached hydrogens (tertiary/aromatic N) is 2. The van der Waals surface area contributed by atoms with Crippen molar-refractivity contribution in [1.82, 2.24) is 4.90 Å². The third-order valence-electron chi connectivity index (χ3n) is 5.03. The van der Waals surface area contributed by atoms with E-state index in [-0.39, 0.29) is 5.97 Å². The Morgan fingerprint density at radius 2 is 1.70 bits per heavy atom. The van der Waals surface area contributed by atoms with E-state index in [1.54, 1.807) is 0 Å². The number of hydrogen-bond acceptors (Lipinski definition) is 5. The van der Waals surface area contributed by atoms with Crippen LogP contribution in [0.3, 0.4) is 0 Å². The van der Waals surface area contributed by atoms with Gasteiger partial charge in [0.1, 0.15) is 12.4 Å². The van der Waals surface area contributed by atoms with Crippen molar-refractivity contribution in [2.45, 2.75) is 13.8 Å². The molecule has 0 atom stereocenters. The average molecular weight is 368 g/mol. The molecule has 5 heteroatoms. The number of para-hydroxylation sites is 1. The van der Waals surface area contributed by atoms with Crippen LogP contribution in [0.2, 0.25) is 0 Å². The van der Waals surface area contributed by atoms with Crippen LogP contribution in [0.5, 0.6) is 5.75 Å². The molecule has 0 unspecified atom stereocenters. The maximum Gasteiger partial charge on any atom is 0.339 e. The van der Waals surface area contributed by atoms with Crippen LogP contribution >= 0.6 is 0 Å². The minimum atomic E-state index is -0.275. The Morgan fingerprint density at radius 1 is 1.00 bits per heavy atom. The number of anilines is 1. The summed E-state index contributed by atoms with van der Waals surface area (Å²) in [6, 6.07) is 14.0. The summed E-state index contributed by atoms with van der Waals surface area (Å²) in [5, 5.41) is 0. The summed E-state index contributed by atoms with van der Waals surface area (Å²) >= 11 is 0. The third kappa shape index (κ3) is 4.80. The van der Waals surface area contributed by atoms with Crippen LogP contribution in [0.1, 0.15) is 21.5 Å². The van der Waals surface area contributed by atoms with E-state index in [0.29, 0.717) is 12.2 Å². The van der Waals surface area contributed by atoms with Crippen LogP contribution in [-0.2, 0) is 4.74 Å².